The number of carbonyl (C=O) groups excluding carboxylic acids is 2. The van der Waals surface area contributed by atoms with Gasteiger partial charge in [0.25, 0.3) is 0 Å². The first kappa shape index (κ1) is 14.4. The summed E-state index contributed by atoms with van der Waals surface area (Å²) in [6, 6.07) is 8.90. The fourth-order valence-corrected chi connectivity index (χ4v) is 1.51. The van der Waals surface area contributed by atoms with E-state index >= 15 is 0 Å². The molecule has 0 radical (unpaired) electrons. The Morgan fingerprint density at radius 3 is 2.56 bits per heavy atom. The maximum Gasteiger partial charge on any atom is 0.306 e. The molecule has 0 aliphatic rings. The molecular formula is C14H19NO3. The van der Waals surface area contributed by atoms with Gasteiger partial charge in [0.2, 0.25) is 0 Å². The van der Waals surface area contributed by atoms with Gasteiger partial charge < -0.3 is 10.5 Å². The van der Waals surface area contributed by atoms with Crippen LogP contribution in [-0.2, 0) is 20.9 Å². The molecule has 4 heteroatoms. The number of hydrogen-bond donors (Lipinski definition) is 1. The average Bonchev–Trinajstić information content (AvgIpc) is 2.42. The van der Waals surface area contributed by atoms with Crippen LogP contribution in [0.4, 0.5) is 0 Å². The number of esters is 1. The lowest BCUT2D eigenvalue weighted by atomic mass is 10.1. The number of rotatable bonds is 7. The average molecular weight is 249 g/mol. The highest BCUT2D eigenvalue weighted by molar-refractivity contribution is 5.84. The van der Waals surface area contributed by atoms with Gasteiger partial charge in [0, 0.05) is 12.8 Å². The number of Topliss-reactive ketones (excluding diaryl/α,β-unsaturated/α-hetero) is 1. The summed E-state index contributed by atoms with van der Waals surface area (Å²) in [5, 5.41) is 0. The number of benzene rings is 1. The third-order valence-electron chi connectivity index (χ3n) is 2.66. The van der Waals surface area contributed by atoms with Crippen molar-refractivity contribution in [1.29, 1.82) is 0 Å². The summed E-state index contributed by atoms with van der Waals surface area (Å²) in [6.07, 6.45) is 0.931. The molecular weight excluding hydrogens is 230 g/mol. The minimum Gasteiger partial charge on any atom is -0.461 e. The van der Waals surface area contributed by atoms with E-state index in [1.807, 2.05) is 30.3 Å². The molecule has 0 aromatic heterocycles. The Morgan fingerprint density at radius 2 is 1.94 bits per heavy atom. The summed E-state index contributed by atoms with van der Waals surface area (Å²) in [7, 11) is 0. The molecule has 0 fully saturated rings. The van der Waals surface area contributed by atoms with Crippen molar-refractivity contribution in [3.63, 3.8) is 0 Å². The SMILES string of the molecule is CCC(=O)[C@H](N)CCC(=O)OCc1ccccc1. The molecule has 0 aliphatic heterocycles. The van der Waals surface area contributed by atoms with Crippen molar-refractivity contribution >= 4 is 11.8 Å². The van der Waals surface area contributed by atoms with E-state index in [0.29, 0.717) is 12.8 Å². The van der Waals surface area contributed by atoms with Crippen LogP contribution in [0.15, 0.2) is 30.3 Å². The Bertz CT molecular complexity index is 389. The second-order valence-electron chi connectivity index (χ2n) is 4.11. The van der Waals surface area contributed by atoms with Crippen LogP contribution in [0.1, 0.15) is 31.7 Å². The van der Waals surface area contributed by atoms with Gasteiger partial charge in [0.05, 0.1) is 6.04 Å². The fraction of sp³-hybridized carbons (Fsp3) is 0.429. The quantitative estimate of drug-likeness (QED) is 0.748. The van der Waals surface area contributed by atoms with E-state index in [-0.39, 0.29) is 24.8 Å². The van der Waals surface area contributed by atoms with Gasteiger partial charge in [-0.1, -0.05) is 37.3 Å². The van der Waals surface area contributed by atoms with Crippen LogP contribution in [0.5, 0.6) is 0 Å². The van der Waals surface area contributed by atoms with E-state index in [4.69, 9.17) is 10.5 Å². The predicted octanol–water partition coefficient (Wildman–Crippen LogP) is 1.82. The van der Waals surface area contributed by atoms with Gasteiger partial charge >= 0.3 is 5.97 Å². The Labute approximate surface area is 107 Å². The molecule has 0 heterocycles. The Hall–Kier alpha value is -1.68. The van der Waals surface area contributed by atoms with Gasteiger partial charge in [-0.05, 0) is 12.0 Å². The first-order valence-electron chi connectivity index (χ1n) is 6.11. The van der Waals surface area contributed by atoms with E-state index in [1.165, 1.54) is 0 Å². The monoisotopic (exact) mass is 249 g/mol. The Morgan fingerprint density at radius 1 is 1.28 bits per heavy atom. The van der Waals surface area contributed by atoms with Gasteiger partial charge in [0.1, 0.15) is 12.4 Å². The maximum atomic E-state index is 11.4. The van der Waals surface area contributed by atoms with Crippen LogP contribution in [0.25, 0.3) is 0 Å². The van der Waals surface area contributed by atoms with Crippen molar-refractivity contribution < 1.29 is 14.3 Å². The zero-order valence-electron chi connectivity index (χ0n) is 10.6. The molecule has 0 saturated carbocycles. The lowest BCUT2D eigenvalue weighted by Crippen LogP contribution is -2.30. The van der Waals surface area contributed by atoms with Crippen molar-refractivity contribution in [2.75, 3.05) is 0 Å². The van der Waals surface area contributed by atoms with Gasteiger partial charge in [-0.2, -0.15) is 0 Å². The summed E-state index contributed by atoms with van der Waals surface area (Å²) in [5.74, 6) is -0.343. The van der Waals surface area contributed by atoms with E-state index in [9.17, 15) is 9.59 Å². The zero-order chi connectivity index (χ0) is 13.4. The molecule has 2 N–H and O–H groups in total. The first-order valence-corrected chi connectivity index (χ1v) is 6.11. The molecule has 0 unspecified atom stereocenters. The van der Waals surface area contributed by atoms with E-state index in [0.717, 1.165) is 5.56 Å². The van der Waals surface area contributed by atoms with Crippen LogP contribution in [0.2, 0.25) is 0 Å². The largest absolute Gasteiger partial charge is 0.461 e. The van der Waals surface area contributed by atoms with Crippen LogP contribution in [0, 0.1) is 0 Å². The second-order valence-corrected chi connectivity index (χ2v) is 4.11. The molecule has 18 heavy (non-hydrogen) atoms. The predicted molar refractivity (Wildman–Crippen MR) is 68.7 cm³/mol. The molecule has 1 aromatic rings. The Balaban J connectivity index is 2.24. The standard InChI is InChI=1S/C14H19NO3/c1-2-13(16)12(15)8-9-14(17)18-10-11-6-4-3-5-7-11/h3-7,12H,2,8-10,15H2,1H3/t12-/m1/s1. The molecule has 98 valence electrons. The number of carbonyl (C=O) groups is 2. The smallest absolute Gasteiger partial charge is 0.306 e. The minimum atomic E-state index is -0.556. The zero-order valence-corrected chi connectivity index (χ0v) is 10.6. The number of ketones is 1. The lowest BCUT2D eigenvalue weighted by molar-refractivity contribution is -0.145. The van der Waals surface area contributed by atoms with Gasteiger partial charge in [-0.3, -0.25) is 9.59 Å². The summed E-state index contributed by atoms with van der Waals surface area (Å²) in [5.41, 5.74) is 6.57. The third-order valence-corrected chi connectivity index (χ3v) is 2.66. The summed E-state index contributed by atoms with van der Waals surface area (Å²) in [4.78, 5) is 22.7. The van der Waals surface area contributed by atoms with Gasteiger partial charge in [-0.25, -0.2) is 0 Å². The molecule has 1 atom stereocenters. The van der Waals surface area contributed by atoms with Crippen LogP contribution < -0.4 is 5.73 Å². The Kier molecular flexibility index (Phi) is 6.08. The highest BCUT2D eigenvalue weighted by atomic mass is 16.5. The van der Waals surface area contributed by atoms with E-state index in [1.54, 1.807) is 6.92 Å². The normalized spacial score (nSPS) is 11.9. The van der Waals surface area contributed by atoms with Crippen LogP contribution in [0.3, 0.4) is 0 Å². The van der Waals surface area contributed by atoms with Crippen molar-refractivity contribution in [1.82, 2.24) is 0 Å². The van der Waals surface area contributed by atoms with Crippen molar-refractivity contribution in [2.24, 2.45) is 5.73 Å². The molecule has 1 rings (SSSR count). The van der Waals surface area contributed by atoms with E-state index in [2.05, 4.69) is 0 Å². The highest BCUT2D eigenvalue weighted by Gasteiger charge is 2.13. The highest BCUT2D eigenvalue weighted by Crippen LogP contribution is 2.04. The van der Waals surface area contributed by atoms with Crippen molar-refractivity contribution in [3.8, 4) is 0 Å². The molecule has 1 aromatic carbocycles. The second kappa shape index (κ2) is 7.61. The van der Waals surface area contributed by atoms with Crippen molar-refractivity contribution in [3.05, 3.63) is 35.9 Å². The van der Waals surface area contributed by atoms with Crippen LogP contribution >= 0.6 is 0 Å². The molecule has 0 spiro atoms. The summed E-state index contributed by atoms with van der Waals surface area (Å²) >= 11 is 0. The lowest BCUT2D eigenvalue weighted by Gasteiger charge is -2.09. The topological polar surface area (TPSA) is 69.4 Å². The van der Waals surface area contributed by atoms with Crippen LogP contribution in [-0.4, -0.2) is 17.8 Å². The molecule has 0 amide bonds. The van der Waals surface area contributed by atoms with Gasteiger partial charge in [-0.15, -0.1) is 0 Å². The molecule has 4 nitrogen and oxygen atoms in total. The molecule has 0 aliphatic carbocycles. The number of nitrogens with two attached hydrogens (primary N) is 1. The number of hydrogen-bond acceptors (Lipinski definition) is 4. The minimum absolute atomic E-state index is 0.0224. The maximum absolute atomic E-state index is 11.4. The third kappa shape index (κ3) is 5.10. The summed E-state index contributed by atoms with van der Waals surface area (Å²) < 4.78 is 5.09. The molecule has 0 saturated heterocycles. The number of ether oxygens (including phenoxy) is 1. The summed E-state index contributed by atoms with van der Waals surface area (Å²) in [6.45, 7) is 2.02. The van der Waals surface area contributed by atoms with Gasteiger partial charge in [0.15, 0.2) is 0 Å². The first-order chi connectivity index (χ1) is 8.63. The molecule has 0 bridgehead atoms. The fourth-order valence-electron chi connectivity index (χ4n) is 1.51. The van der Waals surface area contributed by atoms with E-state index < -0.39 is 6.04 Å². The van der Waals surface area contributed by atoms with Crippen molar-refractivity contribution in [2.45, 2.75) is 38.8 Å².